The quantitative estimate of drug-likeness (QED) is 0.746. The Kier molecular flexibility index (Phi) is 4.61. The Balaban J connectivity index is 1.84. The molecule has 0 atom stereocenters. The van der Waals surface area contributed by atoms with E-state index in [0.29, 0.717) is 6.54 Å². The lowest BCUT2D eigenvalue weighted by Gasteiger charge is -2.06. The molecule has 7 heteroatoms. The highest BCUT2D eigenvalue weighted by atomic mass is 32.2. The number of rotatable bonds is 6. The lowest BCUT2D eigenvalue weighted by Crippen LogP contribution is -2.24. The fraction of sp³-hybridized carbons (Fsp3) is 0.188. The Bertz CT molecular complexity index is 883. The molecule has 2 aromatic heterocycles. The zero-order valence-corrected chi connectivity index (χ0v) is 14.3. The number of hydrogen-bond donors (Lipinski definition) is 1. The number of benzene rings is 1. The second-order valence-corrected chi connectivity index (χ2v) is 8.13. The maximum absolute atomic E-state index is 11.6. The van der Waals surface area contributed by atoms with Crippen LogP contribution in [0.25, 0.3) is 21.1 Å². The third-order valence-electron chi connectivity index (χ3n) is 3.51. The molecule has 0 radical (unpaired) electrons. The van der Waals surface area contributed by atoms with Crippen molar-refractivity contribution >= 4 is 21.4 Å². The summed E-state index contributed by atoms with van der Waals surface area (Å²) in [6.07, 6.45) is 3.51. The number of nitrogens with zero attached hydrogens (tertiary/aromatic N) is 2. The molecule has 0 spiro atoms. The van der Waals surface area contributed by atoms with Gasteiger partial charge in [-0.2, -0.15) is 0 Å². The van der Waals surface area contributed by atoms with Gasteiger partial charge in [0, 0.05) is 23.8 Å². The fourth-order valence-corrected chi connectivity index (χ4v) is 3.92. The Labute approximate surface area is 139 Å². The van der Waals surface area contributed by atoms with Gasteiger partial charge in [0.25, 0.3) is 0 Å². The summed E-state index contributed by atoms with van der Waals surface area (Å²) in [5.74, 6) is 0.826. The second kappa shape index (κ2) is 6.66. The molecule has 3 aromatic rings. The Hall–Kier alpha value is -1.96. The smallest absolute Gasteiger partial charge is 0.213 e. The van der Waals surface area contributed by atoms with Crippen molar-refractivity contribution in [1.29, 1.82) is 0 Å². The Morgan fingerprint density at radius 3 is 2.61 bits per heavy atom. The summed E-state index contributed by atoms with van der Waals surface area (Å²) in [7, 11) is -1.80. The van der Waals surface area contributed by atoms with E-state index in [1.165, 1.54) is 12.6 Å². The van der Waals surface area contributed by atoms with Crippen LogP contribution in [0.3, 0.4) is 0 Å². The molecule has 3 rings (SSSR count). The van der Waals surface area contributed by atoms with Crippen LogP contribution in [0, 0.1) is 0 Å². The first-order valence-electron chi connectivity index (χ1n) is 7.17. The van der Waals surface area contributed by atoms with Crippen LogP contribution < -0.4 is 4.72 Å². The summed E-state index contributed by atoms with van der Waals surface area (Å²) in [4.78, 5) is 6.57. The normalized spacial score (nSPS) is 11.7. The lowest BCUT2D eigenvalue weighted by atomic mass is 10.2. The van der Waals surface area contributed by atoms with Crippen molar-refractivity contribution in [2.45, 2.75) is 6.54 Å². The van der Waals surface area contributed by atoms with Crippen molar-refractivity contribution in [2.24, 2.45) is 0 Å². The molecule has 1 N–H and O–H groups in total. The highest BCUT2D eigenvalue weighted by Gasteiger charge is 2.13. The van der Waals surface area contributed by atoms with Crippen LogP contribution in [0.15, 0.2) is 54.9 Å². The number of nitrogens with one attached hydrogen (secondary N) is 1. The van der Waals surface area contributed by atoms with Gasteiger partial charge in [0.05, 0.1) is 10.6 Å². The van der Waals surface area contributed by atoms with Crippen molar-refractivity contribution in [2.75, 3.05) is 12.8 Å². The van der Waals surface area contributed by atoms with Crippen LogP contribution in [-0.2, 0) is 16.6 Å². The summed E-state index contributed by atoms with van der Waals surface area (Å²) in [5.41, 5.74) is 1.17. The number of hydrogen-bond acceptors (Lipinski definition) is 4. The summed E-state index contributed by atoms with van der Waals surface area (Å²) >= 11 is 1.65. The van der Waals surface area contributed by atoms with Gasteiger partial charge < -0.3 is 4.57 Å². The minimum Gasteiger partial charge on any atom is -0.329 e. The van der Waals surface area contributed by atoms with E-state index in [1.54, 1.807) is 17.5 Å². The van der Waals surface area contributed by atoms with Gasteiger partial charge in [-0.15, -0.1) is 11.3 Å². The molecule has 1 aromatic carbocycles. The molecule has 0 unspecified atom stereocenters. The summed E-state index contributed by atoms with van der Waals surface area (Å²) in [5, 5.41) is 0. The van der Waals surface area contributed by atoms with Crippen molar-refractivity contribution in [3.05, 3.63) is 54.9 Å². The van der Waals surface area contributed by atoms with Gasteiger partial charge in [0.15, 0.2) is 0 Å². The van der Waals surface area contributed by atoms with E-state index < -0.39 is 10.0 Å². The predicted octanol–water partition coefficient (Wildman–Crippen LogP) is 2.83. The fourth-order valence-electron chi connectivity index (χ4n) is 2.25. The number of imidazole rings is 1. The van der Waals surface area contributed by atoms with Gasteiger partial charge in [0.1, 0.15) is 5.82 Å². The minimum atomic E-state index is -3.23. The van der Waals surface area contributed by atoms with Gasteiger partial charge in [-0.3, -0.25) is 0 Å². The monoisotopic (exact) mass is 347 g/mol. The largest absolute Gasteiger partial charge is 0.329 e. The third kappa shape index (κ3) is 3.69. The van der Waals surface area contributed by atoms with Gasteiger partial charge in [0.2, 0.25) is 10.0 Å². The SMILES string of the molecule is CNS(=O)(=O)CCn1ccnc1-c1ccc(-c2ccccc2)s1. The molecule has 120 valence electrons. The molecule has 0 amide bonds. The standard InChI is InChI=1S/C16H17N3O2S2/c1-17-23(20,21)12-11-19-10-9-18-16(19)15-8-7-14(22-15)13-5-3-2-4-6-13/h2-10,17H,11-12H2,1H3. The van der Waals surface area contributed by atoms with E-state index in [-0.39, 0.29) is 5.75 Å². The van der Waals surface area contributed by atoms with E-state index in [9.17, 15) is 8.42 Å². The Morgan fingerprint density at radius 2 is 1.87 bits per heavy atom. The first kappa shape index (κ1) is 15.9. The van der Waals surface area contributed by atoms with Crippen molar-refractivity contribution in [3.63, 3.8) is 0 Å². The minimum absolute atomic E-state index is 0.0315. The molecular weight excluding hydrogens is 330 g/mol. The Morgan fingerprint density at radius 1 is 1.13 bits per heavy atom. The maximum atomic E-state index is 11.6. The average molecular weight is 347 g/mol. The van der Waals surface area contributed by atoms with Gasteiger partial charge in [-0.25, -0.2) is 18.1 Å². The molecule has 0 aliphatic carbocycles. The first-order valence-corrected chi connectivity index (χ1v) is 9.64. The van der Waals surface area contributed by atoms with E-state index >= 15 is 0 Å². The first-order chi connectivity index (χ1) is 11.1. The van der Waals surface area contributed by atoms with Crippen molar-refractivity contribution < 1.29 is 8.42 Å². The molecule has 0 bridgehead atoms. The summed E-state index contributed by atoms with van der Waals surface area (Å²) < 4.78 is 27.4. The number of thiophene rings is 1. The lowest BCUT2D eigenvalue weighted by molar-refractivity contribution is 0.581. The van der Waals surface area contributed by atoms with Crippen LogP contribution in [0.1, 0.15) is 0 Å². The van der Waals surface area contributed by atoms with Crippen LogP contribution in [0.4, 0.5) is 0 Å². The molecule has 0 saturated heterocycles. The molecule has 0 aliphatic heterocycles. The zero-order valence-electron chi connectivity index (χ0n) is 12.6. The van der Waals surface area contributed by atoms with E-state index in [4.69, 9.17) is 0 Å². The van der Waals surface area contributed by atoms with Crippen LogP contribution >= 0.6 is 11.3 Å². The molecule has 5 nitrogen and oxygen atoms in total. The molecule has 0 saturated carbocycles. The summed E-state index contributed by atoms with van der Waals surface area (Å²) in [6, 6.07) is 14.3. The van der Waals surface area contributed by atoms with Crippen LogP contribution in [0.2, 0.25) is 0 Å². The van der Waals surface area contributed by atoms with Crippen LogP contribution in [0.5, 0.6) is 0 Å². The van der Waals surface area contributed by atoms with Gasteiger partial charge in [-0.1, -0.05) is 30.3 Å². The third-order valence-corrected chi connectivity index (χ3v) is 5.98. The molecule has 0 fully saturated rings. The van der Waals surface area contributed by atoms with E-state index in [1.807, 2.05) is 35.0 Å². The summed E-state index contributed by atoms with van der Waals surface area (Å²) in [6.45, 7) is 0.372. The highest BCUT2D eigenvalue weighted by Crippen LogP contribution is 2.33. The number of aromatic nitrogens is 2. The van der Waals surface area contributed by atoms with Gasteiger partial charge in [-0.05, 0) is 24.7 Å². The maximum Gasteiger partial charge on any atom is 0.213 e. The molecule has 23 heavy (non-hydrogen) atoms. The van der Waals surface area contributed by atoms with E-state index in [0.717, 1.165) is 15.6 Å². The average Bonchev–Trinajstić information content (AvgIpc) is 3.22. The van der Waals surface area contributed by atoms with E-state index in [2.05, 4.69) is 27.9 Å². The molecule has 0 aliphatic rings. The van der Waals surface area contributed by atoms with Crippen LogP contribution in [-0.4, -0.2) is 30.8 Å². The van der Waals surface area contributed by atoms with Crippen molar-refractivity contribution in [1.82, 2.24) is 14.3 Å². The molecule has 2 heterocycles. The predicted molar refractivity (Wildman–Crippen MR) is 93.8 cm³/mol. The highest BCUT2D eigenvalue weighted by molar-refractivity contribution is 7.89. The topological polar surface area (TPSA) is 64.0 Å². The number of sulfonamides is 1. The second-order valence-electron chi connectivity index (χ2n) is 5.00. The van der Waals surface area contributed by atoms with Gasteiger partial charge >= 0.3 is 0 Å². The number of aryl methyl sites for hydroxylation is 1. The molecular formula is C16H17N3O2S2. The van der Waals surface area contributed by atoms with Crippen molar-refractivity contribution in [3.8, 4) is 21.1 Å². The zero-order chi connectivity index (χ0) is 16.3.